The number of ether oxygens (including phenoxy) is 1. The number of pyridine rings is 2. The zero-order valence-electron chi connectivity index (χ0n) is 16.6. The summed E-state index contributed by atoms with van der Waals surface area (Å²) in [6.45, 7) is 1.68. The molecule has 0 saturated heterocycles. The van der Waals surface area contributed by atoms with Crippen molar-refractivity contribution in [2.45, 2.75) is 18.0 Å². The molecule has 0 aromatic carbocycles. The van der Waals surface area contributed by atoms with E-state index in [4.69, 9.17) is 4.74 Å². The first-order valence-electron chi connectivity index (χ1n) is 8.49. The smallest absolute Gasteiger partial charge is 0.433 e. The third-order valence-electron chi connectivity index (χ3n) is 4.04. The van der Waals surface area contributed by atoms with Crippen molar-refractivity contribution in [2.24, 2.45) is 7.05 Å². The molecule has 0 aliphatic rings. The third-order valence-corrected chi connectivity index (χ3v) is 5.92. The Morgan fingerprint density at radius 3 is 2.45 bits per heavy atom. The van der Waals surface area contributed by atoms with Gasteiger partial charge in [0.25, 0.3) is 0 Å². The van der Waals surface area contributed by atoms with Gasteiger partial charge in [0.2, 0.25) is 0 Å². The van der Waals surface area contributed by atoms with Gasteiger partial charge in [0.1, 0.15) is 17.1 Å². The molecule has 0 bridgehead atoms. The Morgan fingerprint density at radius 2 is 1.87 bits per heavy atom. The largest absolute Gasteiger partial charge is 0.476 e. The van der Waals surface area contributed by atoms with E-state index in [1.54, 1.807) is 14.0 Å². The molecule has 1 atom stereocenters. The van der Waals surface area contributed by atoms with Crippen LogP contribution < -0.4 is 4.74 Å². The number of fused-ring (bicyclic) bond motifs is 1. The van der Waals surface area contributed by atoms with Crippen LogP contribution in [0.4, 0.5) is 13.2 Å². The molecule has 0 aliphatic heterocycles. The summed E-state index contributed by atoms with van der Waals surface area (Å²) in [6.07, 6.45) is -1.30. The second-order valence-corrected chi connectivity index (χ2v) is 10.2. The maximum Gasteiger partial charge on any atom is 0.433 e. The fraction of sp³-hybridized carbons (Fsp3) is 0.353. The van der Waals surface area contributed by atoms with Crippen molar-refractivity contribution in [3.05, 3.63) is 30.2 Å². The predicted octanol–water partition coefficient (Wildman–Crippen LogP) is 1.73. The van der Waals surface area contributed by atoms with Gasteiger partial charge in [-0.15, -0.1) is 0 Å². The first-order chi connectivity index (χ1) is 13.9. The second kappa shape index (κ2) is 8.88. The summed E-state index contributed by atoms with van der Waals surface area (Å²) in [5.41, 5.74) is -0.490. The Bertz CT molecular complexity index is 1240. The molecule has 2 N–H and O–H groups in total. The van der Waals surface area contributed by atoms with E-state index in [1.807, 2.05) is 0 Å². The molecular formula is C17H19F3N4O5S2. The van der Waals surface area contributed by atoms with Gasteiger partial charge in [0, 0.05) is 25.1 Å². The molecule has 0 spiro atoms. The van der Waals surface area contributed by atoms with Crippen LogP contribution in [0.15, 0.2) is 29.4 Å². The lowest BCUT2D eigenvalue weighted by Gasteiger charge is -2.11. The fourth-order valence-electron chi connectivity index (χ4n) is 2.63. The first-order valence-corrected chi connectivity index (χ1v) is 11.9. The van der Waals surface area contributed by atoms with Gasteiger partial charge in [-0.05, 0) is 6.07 Å². The SMILES string of the molecule is CCS(=O)c1cc(OCS(C)(=O)=O)cnc1-c1nc2cc(C(F)(F)F)ncc2n1C.O. The summed E-state index contributed by atoms with van der Waals surface area (Å²) >= 11 is 0. The number of nitrogens with zero attached hydrogens (tertiary/aromatic N) is 4. The molecule has 3 aromatic heterocycles. The normalized spacial score (nSPS) is 13.1. The molecule has 0 aliphatic carbocycles. The van der Waals surface area contributed by atoms with E-state index in [2.05, 4.69) is 15.0 Å². The predicted molar refractivity (Wildman–Crippen MR) is 108 cm³/mol. The summed E-state index contributed by atoms with van der Waals surface area (Å²) in [5.74, 6) is -0.0587. The first kappa shape index (κ1) is 24.7. The van der Waals surface area contributed by atoms with Crippen LogP contribution in [0.1, 0.15) is 12.6 Å². The van der Waals surface area contributed by atoms with Gasteiger partial charge in [0.05, 0.1) is 39.1 Å². The van der Waals surface area contributed by atoms with Gasteiger partial charge in [-0.25, -0.2) is 23.4 Å². The van der Waals surface area contributed by atoms with Crippen LogP contribution in [0, 0.1) is 0 Å². The molecular weight excluding hydrogens is 461 g/mol. The van der Waals surface area contributed by atoms with E-state index < -0.39 is 38.4 Å². The van der Waals surface area contributed by atoms with E-state index in [1.165, 1.54) is 16.8 Å². The molecule has 14 heteroatoms. The molecule has 0 radical (unpaired) electrons. The summed E-state index contributed by atoms with van der Waals surface area (Å²) in [6, 6.07) is 2.23. The summed E-state index contributed by atoms with van der Waals surface area (Å²) in [4.78, 5) is 12.1. The number of imidazole rings is 1. The van der Waals surface area contributed by atoms with Crippen molar-refractivity contribution in [1.82, 2.24) is 19.5 Å². The Labute approximate surface area is 178 Å². The molecule has 0 amide bonds. The standard InChI is InChI=1S/C17H17F3N4O4S2.H2O/c1-4-29(25)13-5-10(28-9-30(3,26)27)7-22-15(13)16-23-11-6-14(17(18,19)20)21-8-12(11)24(16)2;/h5-8H,4,9H2,1-3H3;1H2. The minimum atomic E-state index is -4.61. The summed E-state index contributed by atoms with van der Waals surface area (Å²) in [7, 11) is -3.35. The van der Waals surface area contributed by atoms with Gasteiger partial charge in [-0.1, -0.05) is 6.92 Å². The van der Waals surface area contributed by atoms with Crippen molar-refractivity contribution in [2.75, 3.05) is 17.9 Å². The average molecular weight is 480 g/mol. The van der Waals surface area contributed by atoms with E-state index in [0.717, 1.165) is 18.5 Å². The lowest BCUT2D eigenvalue weighted by atomic mass is 10.3. The monoisotopic (exact) mass is 480 g/mol. The lowest BCUT2D eigenvalue weighted by molar-refractivity contribution is -0.141. The van der Waals surface area contributed by atoms with Crippen molar-refractivity contribution >= 4 is 31.7 Å². The van der Waals surface area contributed by atoms with Crippen LogP contribution >= 0.6 is 0 Å². The molecule has 3 heterocycles. The van der Waals surface area contributed by atoms with E-state index in [9.17, 15) is 25.8 Å². The average Bonchev–Trinajstić information content (AvgIpc) is 3.00. The van der Waals surface area contributed by atoms with Crippen LogP contribution in [-0.4, -0.2) is 55.6 Å². The van der Waals surface area contributed by atoms with Crippen molar-refractivity contribution in [3.63, 3.8) is 0 Å². The van der Waals surface area contributed by atoms with Gasteiger partial charge in [0.15, 0.2) is 21.6 Å². The lowest BCUT2D eigenvalue weighted by Crippen LogP contribution is -2.11. The molecule has 9 nitrogen and oxygen atoms in total. The summed E-state index contributed by atoms with van der Waals surface area (Å²) in [5, 5.41) is 0. The molecule has 0 fully saturated rings. The Hall–Kier alpha value is -2.58. The fourth-order valence-corrected chi connectivity index (χ4v) is 3.90. The maximum atomic E-state index is 13.0. The minimum absolute atomic E-state index is 0. The molecule has 3 aromatic rings. The molecule has 31 heavy (non-hydrogen) atoms. The number of aromatic nitrogens is 4. The third kappa shape index (κ3) is 5.37. The zero-order valence-corrected chi connectivity index (χ0v) is 18.2. The van der Waals surface area contributed by atoms with Gasteiger partial charge in [-0.2, -0.15) is 13.2 Å². The number of halogens is 3. The van der Waals surface area contributed by atoms with Gasteiger partial charge >= 0.3 is 6.18 Å². The van der Waals surface area contributed by atoms with Crippen molar-refractivity contribution in [3.8, 4) is 17.3 Å². The number of aryl methyl sites for hydroxylation is 1. The highest BCUT2D eigenvalue weighted by molar-refractivity contribution is 7.90. The van der Waals surface area contributed by atoms with Gasteiger partial charge in [-0.3, -0.25) is 4.21 Å². The highest BCUT2D eigenvalue weighted by Gasteiger charge is 2.33. The van der Waals surface area contributed by atoms with Crippen LogP contribution in [-0.2, 0) is 33.9 Å². The van der Waals surface area contributed by atoms with Crippen LogP contribution in [0.5, 0.6) is 5.75 Å². The highest BCUT2D eigenvalue weighted by atomic mass is 32.2. The number of alkyl halides is 3. The number of sulfone groups is 1. The second-order valence-electron chi connectivity index (χ2n) is 6.39. The topological polar surface area (TPSA) is 136 Å². The Kier molecular flexibility index (Phi) is 7.07. The molecule has 3 rings (SSSR count). The van der Waals surface area contributed by atoms with Crippen molar-refractivity contribution in [1.29, 1.82) is 0 Å². The Balaban J connectivity index is 0.00000341. The maximum absolute atomic E-state index is 13.0. The van der Waals surface area contributed by atoms with E-state index in [-0.39, 0.29) is 38.9 Å². The minimum Gasteiger partial charge on any atom is -0.476 e. The van der Waals surface area contributed by atoms with Crippen LogP contribution in [0.25, 0.3) is 22.6 Å². The van der Waals surface area contributed by atoms with E-state index >= 15 is 0 Å². The highest BCUT2D eigenvalue weighted by Crippen LogP contribution is 2.32. The quantitative estimate of drug-likeness (QED) is 0.524. The van der Waals surface area contributed by atoms with Crippen LogP contribution in [0.3, 0.4) is 0 Å². The van der Waals surface area contributed by atoms with Crippen LogP contribution in [0.2, 0.25) is 0 Å². The molecule has 170 valence electrons. The molecule has 0 saturated carbocycles. The van der Waals surface area contributed by atoms with E-state index in [0.29, 0.717) is 5.52 Å². The Morgan fingerprint density at radius 1 is 1.19 bits per heavy atom. The summed E-state index contributed by atoms with van der Waals surface area (Å²) < 4.78 is 80.7. The number of rotatable bonds is 6. The van der Waals surface area contributed by atoms with Crippen molar-refractivity contribution < 1.29 is 36.0 Å². The van der Waals surface area contributed by atoms with Gasteiger partial charge < -0.3 is 14.8 Å². The zero-order chi connectivity index (χ0) is 22.3. The number of hydrogen-bond acceptors (Lipinski definition) is 7. The number of hydrogen-bond donors (Lipinski definition) is 0. The molecule has 1 unspecified atom stereocenters.